The van der Waals surface area contributed by atoms with E-state index in [1.807, 2.05) is 66.0 Å². The predicted octanol–water partition coefficient (Wildman–Crippen LogP) is 3.30. The highest BCUT2D eigenvalue weighted by atomic mass is 16.5. The molecule has 0 unspecified atom stereocenters. The number of imide groups is 1. The molecular formula is C24H20N4O5. The lowest BCUT2D eigenvalue weighted by Gasteiger charge is -2.03. The normalized spacial score (nSPS) is 10.9. The number of nitrogens with zero attached hydrogens (tertiary/aromatic N) is 2. The Hall–Kier alpha value is -4.66. The van der Waals surface area contributed by atoms with Crippen LogP contribution in [0.1, 0.15) is 5.56 Å². The average Bonchev–Trinajstić information content (AvgIpc) is 3.46. The molecule has 2 aromatic carbocycles. The SMILES string of the molecule is CNC(=O)NC(=O)COC(=O)/C=C\c1cn(-c2ccccc2)nc1-c1cc2ccccc2o1. The number of nitrogens with one attached hydrogen (secondary N) is 2. The second-order valence-corrected chi connectivity index (χ2v) is 6.93. The first-order chi connectivity index (χ1) is 16.0. The summed E-state index contributed by atoms with van der Waals surface area (Å²) >= 11 is 0. The molecule has 2 heterocycles. The van der Waals surface area contributed by atoms with Gasteiger partial charge in [0.25, 0.3) is 5.91 Å². The first kappa shape index (κ1) is 21.6. The van der Waals surface area contributed by atoms with Crippen molar-refractivity contribution in [3.05, 3.63) is 78.5 Å². The van der Waals surface area contributed by atoms with E-state index in [1.54, 1.807) is 10.9 Å². The predicted molar refractivity (Wildman–Crippen MR) is 121 cm³/mol. The Morgan fingerprint density at radius 2 is 1.85 bits per heavy atom. The Kier molecular flexibility index (Phi) is 6.31. The number of para-hydroxylation sites is 2. The summed E-state index contributed by atoms with van der Waals surface area (Å²) in [4.78, 5) is 34.8. The van der Waals surface area contributed by atoms with E-state index in [9.17, 15) is 14.4 Å². The minimum atomic E-state index is -0.745. The van der Waals surface area contributed by atoms with Crippen LogP contribution < -0.4 is 10.6 Å². The molecule has 2 N–H and O–H groups in total. The molecule has 166 valence electrons. The van der Waals surface area contributed by atoms with Crippen molar-refractivity contribution in [3.8, 4) is 17.1 Å². The van der Waals surface area contributed by atoms with E-state index in [2.05, 4.69) is 10.4 Å². The molecule has 0 saturated heterocycles. The molecule has 0 bridgehead atoms. The molecule has 4 aromatic rings. The van der Waals surface area contributed by atoms with Crippen LogP contribution in [0.3, 0.4) is 0 Å². The number of benzene rings is 2. The quantitative estimate of drug-likeness (QED) is 0.348. The molecular weight excluding hydrogens is 424 g/mol. The number of fused-ring (bicyclic) bond motifs is 1. The molecule has 9 nitrogen and oxygen atoms in total. The highest BCUT2D eigenvalue weighted by Crippen LogP contribution is 2.30. The fourth-order valence-electron chi connectivity index (χ4n) is 3.08. The summed E-state index contributed by atoms with van der Waals surface area (Å²) in [7, 11) is 1.37. The number of urea groups is 1. The van der Waals surface area contributed by atoms with E-state index in [0.717, 1.165) is 16.7 Å². The maximum atomic E-state index is 12.1. The van der Waals surface area contributed by atoms with E-state index < -0.39 is 24.5 Å². The van der Waals surface area contributed by atoms with Crippen LogP contribution in [-0.4, -0.2) is 41.3 Å². The van der Waals surface area contributed by atoms with E-state index in [-0.39, 0.29) is 0 Å². The number of esters is 1. The van der Waals surface area contributed by atoms with Crippen molar-refractivity contribution in [2.45, 2.75) is 0 Å². The third-order valence-corrected chi connectivity index (χ3v) is 4.65. The van der Waals surface area contributed by atoms with Crippen molar-refractivity contribution >= 4 is 35.0 Å². The summed E-state index contributed by atoms with van der Waals surface area (Å²) in [6, 6.07) is 18.3. The molecule has 0 aliphatic rings. The number of carbonyl (C=O) groups is 3. The molecule has 3 amide bonds. The fraction of sp³-hybridized carbons (Fsp3) is 0.0833. The van der Waals surface area contributed by atoms with Gasteiger partial charge < -0.3 is 14.5 Å². The van der Waals surface area contributed by atoms with Crippen LogP contribution >= 0.6 is 0 Å². The van der Waals surface area contributed by atoms with Crippen molar-refractivity contribution in [1.82, 2.24) is 20.4 Å². The zero-order valence-corrected chi connectivity index (χ0v) is 17.6. The Morgan fingerprint density at radius 1 is 1.09 bits per heavy atom. The summed E-state index contributed by atoms with van der Waals surface area (Å²) in [6.45, 7) is -0.587. The van der Waals surface area contributed by atoms with Gasteiger partial charge in [-0.15, -0.1) is 0 Å². The van der Waals surface area contributed by atoms with Crippen LogP contribution in [0, 0.1) is 0 Å². The lowest BCUT2D eigenvalue weighted by atomic mass is 10.2. The number of ether oxygens (including phenoxy) is 1. The van der Waals surface area contributed by atoms with Gasteiger partial charge in [0.2, 0.25) is 0 Å². The summed E-state index contributed by atoms with van der Waals surface area (Å²) in [5.74, 6) is -0.940. The van der Waals surface area contributed by atoms with Crippen molar-refractivity contribution in [2.75, 3.05) is 13.7 Å². The minimum Gasteiger partial charge on any atom is -0.454 e. The Bertz CT molecular complexity index is 1300. The summed E-state index contributed by atoms with van der Waals surface area (Å²) < 4.78 is 12.5. The standard InChI is InChI=1S/C24H20N4O5/c1-25-24(31)26-21(29)15-32-22(30)12-11-17-14-28(18-8-3-2-4-9-18)27-23(17)20-13-16-7-5-6-10-19(16)33-20/h2-14H,15H2,1H3,(H2,25,26,29,31)/b12-11-. The van der Waals surface area contributed by atoms with Gasteiger partial charge in [0.05, 0.1) is 5.69 Å². The van der Waals surface area contributed by atoms with Crippen molar-refractivity contribution in [1.29, 1.82) is 0 Å². The molecule has 0 radical (unpaired) electrons. The average molecular weight is 444 g/mol. The Balaban J connectivity index is 1.58. The molecule has 33 heavy (non-hydrogen) atoms. The Labute approximate surface area is 188 Å². The number of hydrogen-bond acceptors (Lipinski definition) is 6. The molecule has 0 fully saturated rings. The van der Waals surface area contributed by atoms with E-state index in [1.165, 1.54) is 19.2 Å². The highest BCUT2D eigenvalue weighted by Gasteiger charge is 2.16. The lowest BCUT2D eigenvalue weighted by molar-refractivity contribution is -0.143. The molecule has 0 aliphatic heterocycles. The van der Waals surface area contributed by atoms with Crippen LogP contribution in [0.15, 0.2) is 77.4 Å². The van der Waals surface area contributed by atoms with Gasteiger partial charge in [-0.25, -0.2) is 14.3 Å². The number of aromatic nitrogens is 2. The van der Waals surface area contributed by atoms with Gasteiger partial charge in [0, 0.05) is 30.3 Å². The first-order valence-electron chi connectivity index (χ1n) is 10.0. The number of hydrogen-bond donors (Lipinski definition) is 2. The maximum absolute atomic E-state index is 12.1. The van der Waals surface area contributed by atoms with E-state index >= 15 is 0 Å². The van der Waals surface area contributed by atoms with Gasteiger partial charge in [-0.2, -0.15) is 5.10 Å². The lowest BCUT2D eigenvalue weighted by Crippen LogP contribution is -2.39. The monoisotopic (exact) mass is 444 g/mol. The maximum Gasteiger partial charge on any atom is 0.331 e. The van der Waals surface area contributed by atoms with Crippen LogP contribution in [0.2, 0.25) is 0 Å². The topological polar surface area (TPSA) is 115 Å². The molecule has 2 aromatic heterocycles. The molecule has 4 rings (SSSR count). The van der Waals surface area contributed by atoms with Gasteiger partial charge in [-0.1, -0.05) is 36.4 Å². The van der Waals surface area contributed by atoms with Crippen molar-refractivity contribution < 1.29 is 23.5 Å². The molecule has 0 aliphatic carbocycles. The van der Waals surface area contributed by atoms with Crippen LogP contribution in [0.25, 0.3) is 34.2 Å². The largest absolute Gasteiger partial charge is 0.454 e. The summed E-state index contributed by atoms with van der Waals surface area (Å²) in [6.07, 6.45) is 4.49. The minimum absolute atomic E-state index is 0.538. The van der Waals surface area contributed by atoms with Crippen LogP contribution in [0.4, 0.5) is 4.79 Å². The smallest absolute Gasteiger partial charge is 0.331 e. The zero-order chi connectivity index (χ0) is 23.2. The third-order valence-electron chi connectivity index (χ3n) is 4.65. The summed E-state index contributed by atoms with van der Waals surface area (Å²) in [5.41, 5.74) is 2.71. The fourth-order valence-corrected chi connectivity index (χ4v) is 3.08. The van der Waals surface area contributed by atoms with Gasteiger partial charge in [0.15, 0.2) is 12.4 Å². The number of rotatable bonds is 6. The van der Waals surface area contributed by atoms with Crippen molar-refractivity contribution in [3.63, 3.8) is 0 Å². The zero-order valence-electron chi connectivity index (χ0n) is 17.6. The molecule has 0 saturated carbocycles. The molecule has 9 heteroatoms. The first-order valence-corrected chi connectivity index (χ1v) is 10.0. The van der Waals surface area contributed by atoms with Gasteiger partial charge in [-0.05, 0) is 30.3 Å². The van der Waals surface area contributed by atoms with E-state index in [4.69, 9.17) is 9.15 Å². The number of furan rings is 1. The Morgan fingerprint density at radius 3 is 2.61 bits per heavy atom. The van der Waals surface area contributed by atoms with Gasteiger partial charge in [-0.3, -0.25) is 10.1 Å². The number of carbonyl (C=O) groups excluding carboxylic acids is 3. The highest BCUT2D eigenvalue weighted by molar-refractivity contribution is 5.96. The van der Waals surface area contributed by atoms with Crippen LogP contribution in [-0.2, 0) is 14.3 Å². The summed E-state index contributed by atoms with van der Waals surface area (Å²) in [5, 5.41) is 9.82. The molecule has 0 atom stereocenters. The van der Waals surface area contributed by atoms with E-state index in [0.29, 0.717) is 17.0 Å². The van der Waals surface area contributed by atoms with Crippen molar-refractivity contribution in [2.24, 2.45) is 0 Å². The second-order valence-electron chi connectivity index (χ2n) is 6.93. The third kappa shape index (κ3) is 5.16. The number of amides is 3. The van der Waals surface area contributed by atoms with Gasteiger partial charge >= 0.3 is 12.0 Å². The van der Waals surface area contributed by atoms with Gasteiger partial charge in [0.1, 0.15) is 11.3 Å². The molecule has 0 spiro atoms. The second kappa shape index (κ2) is 9.65. The van der Waals surface area contributed by atoms with Crippen LogP contribution in [0.5, 0.6) is 0 Å².